The lowest BCUT2D eigenvalue weighted by Gasteiger charge is -2.27. The predicted octanol–water partition coefficient (Wildman–Crippen LogP) is 4.58. The van der Waals surface area contributed by atoms with E-state index >= 15 is 0 Å². The van der Waals surface area contributed by atoms with Crippen LogP contribution in [0, 0.1) is 0 Å². The first kappa shape index (κ1) is 23.4. The summed E-state index contributed by atoms with van der Waals surface area (Å²) in [7, 11) is 0. The minimum Gasteiger partial charge on any atom is -0.479 e. The fourth-order valence-corrected chi connectivity index (χ4v) is 3.82. The number of rotatable bonds is 8. The van der Waals surface area contributed by atoms with Gasteiger partial charge in [0.05, 0.1) is 6.61 Å². The number of hydrogen-bond donors (Lipinski definition) is 0. The number of amides is 1. The molecule has 1 rings (SSSR count). The second kappa shape index (κ2) is 11.3. The van der Waals surface area contributed by atoms with Gasteiger partial charge in [-0.15, -0.1) is 0 Å². The zero-order valence-electron chi connectivity index (χ0n) is 16.7. The molecule has 0 saturated carbocycles. The van der Waals surface area contributed by atoms with Crippen LogP contribution in [0.2, 0.25) is 0 Å². The van der Waals surface area contributed by atoms with E-state index < -0.39 is 5.60 Å². The molecule has 0 aliphatic rings. The van der Waals surface area contributed by atoms with E-state index in [0.29, 0.717) is 24.0 Å². The number of thiocarbonyl (C=S) groups is 1. The van der Waals surface area contributed by atoms with Crippen LogP contribution < -0.4 is 4.90 Å². The Hall–Kier alpha value is -1.60. The van der Waals surface area contributed by atoms with Crippen LogP contribution in [0.1, 0.15) is 47.5 Å². The molecule has 1 aromatic rings. The van der Waals surface area contributed by atoms with Crippen molar-refractivity contribution in [1.29, 1.82) is 0 Å². The van der Waals surface area contributed by atoms with Gasteiger partial charge in [-0.1, -0.05) is 30.0 Å². The molecule has 1 amide bonds. The third kappa shape index (κ3) is 9.77. The van der Waals surface area contributed by atoms with Crippen molar-refractivity contribution in [2.45, 2.75) is 58.3 Å². The summed E-state index contributed by atoms with van der Waals surface area (Å²) in [4.78, 5) is 26.0. The van der Waals surface area contributed by atoms with E-state index in [0.717, 1.165) is 5.69 Å². The summed E-state index contributed by atoms with van der Waals surface area (Å²) in [6.07, 6.45) is 0.785. The lowest BCUT2D eigenvalue weighted by Crippen LogP contribution is -2.36. The van der Waals surface area contributed by atoms with Crippen molar-refractivity contribution in [3.63, 3.8) is 0 Å². The lowest BCUT2D eigenvalue weighted by molar-refractivity contribution is -0.154. The zero-order valence-corrected chi connectivity index (χ0v) is 18.3. The third-order valence-electron chi connectivity index (χ3n) is 3.45. The molecule has 0 N–H and O–H groups in total. The Morgan fingerprint density at radius 2 is 1.85 bits per heavy atom. The minimum absolute atomic E-state index is 0.0635. The van der Waals surface area contributed by atoms with Crippen LogP contribution in [0.15, 0.2) is 30.3 Å². The summed E-state index contributed by atoms with van der Waals surface area (Å²) in [6.45, 7) is 9.84. The number of ether oxygens (including phenoxy) is 2. The molecule has 0 saturated heterocycles. The average Bonchev–Trinajstić information content (AvgIpc) is 2.56. The summed E-state index contributed by atoms with van der Waals surface area (Å²) in [5.41, 5.74) is 0.297. The van der Waals surface area contributed by atoms with E-state index in [4.69, 9.17) is 21.7 Å². The van der Waals surface area contributed by atoms with Crippen LogP contribution in [0.5, 0.6) is 0 Å². The number of nitrogens with zero attached hydrogens (tertiary/aromatic N) is 1. The number of benzene rings is 1. The Bertz CT molecular complexity index is 629. The predicted molar refractivity (Wildman–Crippen MR) is 115 cm³/mol. The number of thioether (sulfide) groups is 1. The molecular weight excluding hydrogens is 382 g/mol. The molecule has 0 heterocycles. The van der Waals surface area contributed by atoms with Gasteiger partial charge in [0.1, 0.15) is 5.60 Å². The van der Waals surface area contributed by atoms with Gasteiger partial charge in [0.25, 0.3) is 0 Å². The molecular formula is C20H29NO4S2. The Kier molecular flexibility index (Phi) is 9.80. The molecule has 0 aliphatic carbocycles. The van der Waals surface area contributed by atoms with Crippen molar-refractivity contribution in [3.05, 3.63) is 30.3 Å². The van der Waals surface area contributed by atoms with Crippen molar-refractivity contribution in [2.75, 3.05) is 18.1 Å². The molecule has 1 unspecified atom stereocenters. The normalized spacial score (nSPS) is 12.2. The van der Waals surface area contributed by atoms with Gasteiger partial charge in [0, 0.05) is 30.8 Å². The van der Waals surface area contributed by atoms with Crippen LogP contribution in [0.3, 0.4) is 0 Å². The molecule has 27 heavy (non-hydrogen) atoms. The average molecular weight is 412 g/mol. The van der Waals surface area contributed by atoms with Crippen molar-refractivity contribution < 1.29 is 19.1 Å². The topological polar surface area (TPSA) is 55.8 Å². The molecule has 7 heteroatoms. The van der Waals surface area contributed by atoms with E-state index in [2.05, 4.69) is 0 Å². The smallest absolute Gasteiger partial charge is 0.306 e. The Morgan fingerprint density at radius 1 is 1.22 bits per heavy atom. The number of hydrogen-bond acceptors (Lipinski definition) is 6. The highest BCUT2D eigenvalue weighted by atomic mass is 32.2. The van der Waals surface area contributed by atoms with Gasteiger partial charge in [0.2, 0.25) is 10.3 Å². The van der Waals surface area contributed by atoms with Gasteiger partial charge < -0.3 is 14.4 Å². The maximum Gasteiger partial charge on any atom is 0.306 e. The minimum atomic E-state index is -0.518. The Balaban J connectivity index is 2.84. The van der Waals surface area contributed by atoms with E-state index in [1.165, 1.54) is 18.7 Å². The Morgan fingerprint density at radius 3 is 2.37 bits per heavy atom. The Labute approximate surface area is 171 Å². The summed E-state index contributed by atoms with van der Waals surface area (Å²) in [5.74, 6) is -0.323. The van der Waals surface area contributed by atoms with Gasteiger partial charge in [-0.05, 0) is 58.5 Å². The first-order valence-electron chi connectivity index (χ1n) is 9.00. The highest BCUT2D eigenvalue weighted by Crippen LogP contribution is 2.24. The highest BCUT2D eigenvalue weighted by Gasteiger charge is 2.23. The van der Waals surface area contributed by atoms with E-state index in [-0.39, 0.29) is 23.5 Å². The summed E-state index contributed by atoms with van der Waals surface area (Å²) < 4.78 is 11.2. The third-order valence-corrected chi connectivity index (χ3v) is 4.88. The second-order valence-corrected chi connectivity index (χ2v) is 8.92. The van der Waals surface area contributed by atoms with Crippen molar-refractivity contribution in [2.24, 2.45) is 0 Å². The van der Waals surface area contributed by atoms with Crippen LogP contribution in [-0.2, 0) is 19.1 Å². The molecule has 1 atom stereocenters. The summed E-state index contributed by atoms with van der Waals surface area (Å²) in [5, 5.41) is -0.0827. The first-order valence-corrected chi connectivity index (χ1v) is 10.3. The molecule has 0 fully saturated rings. The number of para-hydroxylation sites is 1. The number of esters is 1. The number of carbonyl (C=O) groups is 2. The highest BCUT2D eigenvalue weighted by molar-refractivity contribution is 8.23. The van der Waals surface area contributed by atoms with E-state index in [1.54, 1.807) is 4.90 Å². The number of anilines is 1. The maximum absolute atomic E-state index is 12.2. The van der Waals surface area contributed by atoms with Crippen LogP contribution >= 0.6 is 24.0 Å². The van der Waals surface area contributed by atoms with Crippen molar-refractivity contribution in [3.8, 4) is 0 Å². The van der Waals surface area contributed by atoms with E-state index in [1.807, 2.05) is 58.0 Å². The lowest BCUT2D eigenvalue weighted by atomic mass is 10.1. The molecule has 150 valence electrons. The zero-order chi connectivity index (χ0) is 20.4. The van der Waals surface area contributed by atoms with Crippen LogP contribution in [0.4, 0.5) is 5.69 Å². The van der Waals surface area contributed by atoms with E-state index in [9.17, 15) is 9.59 Å². The maximum atomic E-state index is 12.2. The van der Waals surface area contributed by atoms with Gasteiger partial charge in [-0.2, -0.15) is 0 Å². The van der Waals surface area contributed by atoms with Crippen molar-refractivity contribution in [1.82, 2.24) is 0 Å². The fraction of sp³-hybridized carbons (Fsp3) is 0.550. The van der Waals surface area contributed by atoms with Crippen LogP contribution in [0.25, 0.3) is 0 Å². The largest absolute Gasteiger partial charge is 0.479 e. The summed E-state index contributed by atoms with van der Waals surface area (Å²) >= 11 is 6.63. The molecule has 1 aromatic carbocycles. The molecule has 0 bridgehead atoms. The first-order chi connectivity index (χ1) is 12.6. The van der Waals surface area contributed by atoms with Gasteiger partial charge >= 0.3 is 5.97 Å². The van der Waals surface area contributed by atoms with Gasteiger partial charge in [0.15, 0.2) is 0 Å². The second-order valence-electron chi connectivity index (χ2n) is 7.01. The van der Waals surface area contributed by atoms with Gasteiger partial charge in [-0.25, -0.2) is 0 Å². The molecule has 0 spiro atoms. The molecule has 0 aliphatic heterocycles. The number of carbonyl (C=O) groups excluding carboxylic acids is 2. The fourth-order valence-electron chi connectivity index (χ4n) is 2.37. The quantitative estimate of drug-likeness (QED) is 0.461. The molecule has 0 radical (unpaired) electrons. The van der Waals surface area contributed by atoms with Gasteiger partial charge in [-0.3, -0.25) is 9.59 Å². The SMILES string of the molecule is CCOC(=S)SC(CCC(=O)OC(C)(C)C)CN(C(C)=O)c1ccccc1. The monoisotopic (exact) mass is 411 g/mol. The summed E-state index contributed by atoms with van der Waals surface area (Å²) in [6, 6.07) is 9.45. The molecule has 5 nitrogen and oxygen atoms in total. The van der Waals surface area contributed by atoms with Crippen molar-refractivity contribution >= 4 is 45.9 Å². The van der Waals surface area contributed by atoms with Crippen LogP contribution in [-0.4, -0.2) is 40.3 Å². The standard InChI is InChI=1S/C20H29NO4S2/c1-6-24-19(26)27-17(12-13-18(23)25-20(3,4)5)14-21(15(2)22)16-10-8-7-9-11-16/h7-11,17H,6,12-14H2,1-5H3. The molecule has 0 aromatic heterocycles.